The molecule has 0 bridgehead atoms. The third kappa shape index (κ3) is 3.24. The molecule has 0 saturated carbocycles. The van der Waals surface area contributed by atoms with E-state index in [1.165, 1.54) is 0 Å². The second-order valence-electron chi connectivity index (χ2n) is 5.52. The highest BCUT2D eigenvalue weighted by Gasteiger charge is 2.24. The second kappa shape index (κ2) is 6.72. The molecule has 2 rings (SSSR count). The molecule has 1 aromatic heterocycles. The summed E-state index contributed by atoms with van der Waals surface area (Å²) in [7, 11) is 0. The number of nitrogens with zero attached hydrogens (tertiary/aromatic N) is 3. The molecule has 0 aliphatic rings. The SMILES string of the molecule is CC(C)N(CCCO)C(=O)C(C)n1cnc2ccccc21. The lowest BCUT2D eigenvalue weighted by molar-refractivity contribution is -0.136. The molecule has 1 heterocycles. The molecule has 5 heteroatoms. The average Bonchev–Trinajstić information content (AvgIpc) is 2.90. The molecule has 114 valence electrons. The summed E-state index contributed by atoms with van der Waals surface area (Å²) in [5.41, 5.74) is 1.85. The van der Waals surface area contributed by atoms with Crippen LogP contribution in [0.5, 0.6) is 0 Å². The van der Waals surface area contributed by atoms with Crippen LogP contribution in [0.15, 0.2) is 30.6 Å². The maximum Gasteiger partial charge on any atom is 0.245 e. The maximum atomic E-state index is 12.7. The minimum atomic E-state index is -0.307. The molecule has 0 radical (unpaired) electrons. The van der Waals surface area contributed by atoms with Crippen molar-refractivity contribution < 1.29 is 9.90 Å². The third-order valence-corrected chi connectivity index (χ3v) is 3.72. The number of fused-ring (bicyclic) bond motifs is 1. The molecule has 21 heavy (non-hydrogen) atoms. The van der Waals surface area contributed by atoms with Gasteiger partial charge in [0, 0.05) is 19.2 Å². The first-order valence-corrected chi connectivity index (χ1v) is 7.39. The zero-order chi connectivity index (χ0) is 15.4. The normalized spacial score (nSPS) is 12.8. The summed E-state index contributed by atoms with van der Waals surface area (Å²) < 4.78 is 1.91. The van der Waals surface area contributed by atoms with Crippen LogP contribution in [0, 0.1) is 0 Å². The number of carbonyl (C=O) groups excluding carboxylic acids is 1. The number of aliphatic hydroxyl groups excluding tert-OH is 1. The van der Waals surface area contributed by atoms with Crippen LogP contribution >= 0.6 is 0 Å². The minimum Gasteiger partial charge on any atom is -0.396 e. The number of hydrogen-bond acceptors (Lipinski definition) is 3. The van der Waals surface area contributed by atoms with E-state index >= 15 is 0 Å². The maximum absolute atomic E-state index is 12.7. The highest BCUT2D eigenvalue weighted by Crippen LogP contribution is 2.20. The Morgan fingerprint density at radius 1 is 1.33 bits per heavy atom. The Hall–Kier alpha value is -1.88. The molecule has 1 aromatic carbocycles. The van der Waals surface area contributed by atoms with Crippen molar-refractivity contribution in [3.05, 3.63) is 30.6 Å². The molecule has 0 fully saturated rings. The first-order valence-electron chi connectivity index (χ1n) is 7.39. The zero-order valence-corrected chi connectivity index (χ0v) is 12.9. The highest BCUT2D eigenvalue weighted by molar-refractivity contribution is 5.83. The molecule has 0 aliphatic heterocycles. The summed E-state index contributed by atoms with van der Waals surface area (Å²) in [5, 5.41) is 8.99. The molecule has 1 amide bonds. The summed E-state index contributed by atoms with van der Waals surface area (Å²) in [5.74, 6) is 0.0570. The number of benzene rings is 1. The summed E-state index contributed by atoms with van der Waals surface area (Å²) in [6.45, 7) is 6.55. The van der Waals surface area contributed by atoms with Gasteiger partial charge in [0.2, 0.25) is 5.91 Å². The van der Waals surface area contributed by atoms with E-state index in [9.17, 15) is 4.79 Å². The van der Waals surface area contributed by atoms with Gasteiger partial charge in [-0.25, -0.2) is 4.98 Å². The lowest BCUT2D eigenvalue weighted by Gasteiger charge is -2.30. The van der Waals surface area contributed by atoms with Crippen molar-refractivity contribution in [1.29, 1.82) is 0 Å². The standard InChI is InChI=1S/C16H23N3O2/c1-12(2)18(9-6-10-20)16(21)13(3)19-11-17-14-7-4-5-8-15(14)19/h4-5,7-8,11-13,20H,6,9-10H2,1-3H3. The Morgan fingerprint density at radius 2 is 2.05 bits per heavy atom. The van der Waals surface area contributed by atoms with E-state index in [-0.39, 0.29) is 24.6 Å². The summed E-state index contributed by atoms with van der Waals surface area (Å²) in [4.78, 5) is 18.9. The smallest absolute Gasteiger partial charge is 0.245 e. The number of amides is 1. The monoisotopic (exact) mass is 289 g/mol. The van der Waals surface area contributed by atoms with Gasteiger partial charge in [-0.3, -0.25) is 4.79 Å². The average molecular weight is 289 g/mol. The van der Waals surface area contributed by atoms with E-state index in [1.807, 2.05) is 54.5 Å². The Kier molecular flexibility index (Phi) is 4.96. The van der Waals surface area contributed by atoms with Gasteiger partial charge in [-0.05, 0) is 39.3 Å². The highest BCUT2D eigenvalue weighted by atomic mass is 16.3. The fourth-order valence-electron chi connectivity index (χ4n) is 2.51. The van der Waals surface area contributed by atoms with Crippen LogP contribution < -0.4 is 0 Å². The Labute approximate surface area is 125 Å². The second-order valence-corrected chi connectivity index (χ2v) is 5.52. The number of aliphatic hydroxyl groups is 1. The summed E-state index contributed by atoms with van der Waals surface area (Å²) >= 11 is 0. The molecule has 2 aromatic rings. The van der Waals surface area contributed by atoms with Gasteiger partial charge < -0.3 is 14.6 Å². The van der Waals surface area contributed by atoms with Gasteiger partial charge in [0.05, 0.1) is 17.4 Å². The summed E-state index contributed by atoms with van der Waals surface area (Å²) in [6, 6.07) is 7.60. The number of rotatable bonds is 6. The van der Waals surface area contributed by atoms with Crippen molar-refractivity contribution in [1.82, 2.24) is 14.5 Å². The van der Waals surface area contributed by atoms with Gasteiger partial charge >= 0.3 is 0 Å². The topological polar surface area (TPSA) is 58.4 Å². The quantitative estimate of drug-likeness (QED) is 0.887. The van der Waals surface area contributed by atoms with Crippen molar-refractivity contribution in [3.63, 3.8) is 0 Å². The van der Waals surface area contributed by atoms with Crippen LogP contribution in [0.3, 0.4) is 0 Å². The third-order valence-electron chi connectivity index (χ3n) is 3.72. The molecule has 0 saturated heterocycles. The zero-order valence-electron chi connectivity index (χ0n) is 12.9. The van der Waals surface area contributed by atoms with Gasteiger partial charge in [0.15, 0.2) is 0 Å². The molecular formula is C16H23N3O2. The van der Waals surface area contributed by atoms with Crippen molar-refractivity contribution in [2.75, 3.05) is 13.2 Å². The van der Waals surface area contributed by atoms with E-state index in [2.05, 4.69) is 4.98 Å². The van der Waals surface area contributed by atoms with Gasteiger partial charge in [0.1, 0.15) is 6.04 Å². The predicted molar refractivity (Wildman–Crippen MR) is 83.0 cm³/mol. The molecule has 1 unspecified atom stereocenters. The van der Waals surface area contributed by atoms with E-state index in [4.69, 9.17) is 5.11 Å². The first-order chi connectivity index (χ1) is 10.1. The van der Waals surface area contributed by atoms with Crippen molar-refractivity contribution in [3.8, 4) is 0 Å². The number of aromatic nitrogens is 2. The number of para-hydroxylation sites is 2. The van der Waals surface area contributed by atoms with Gasteiger partial charge in [-0.15, -0.1) is 0 Å². The first kappa shape index (κ1) is 15.5. The molecule has 0 aliphatic carbocycles. The molecular weight excluding hydrogens is 266 g/mol. The van der Waals surface area contributed by atoms with E-state index in [0.29, 0.717) is 13.0 Å². The largest absolute Gasteiger partial charge is 0.396 e. The van der Waals surface area contributed by atoms with Crippen LogP contribution in [0.25, 0.3) is 11.0 Å². The Balaban J connectivity index is 2.25. The van der Waals surface area contributed by atoms with Crippen LogP contribution in [0.4, 0.5) is 0 Å². The molecule has 0 spiro atoms. The Bertz CT molecular complexity index is 606. The summed E-state index contributed by atoms with van der Waals surface area (Å²) in [6.07, 6.45) is 2.32. The molecule has 1 N–H and O–H groups in total. The molecule has 5 nitrogen and oxygen atoms in total. The van der Waals surface area contributed by atoms with E-state index in [0.717, 1.165) is 11.0 Å². The Morgan fingerprint density at radius 3 is 2.71 bits per heavy atom. The lowest BCUT2D eigenvalue weighted by Crippen LogP contribution is -2.41. The van der Waals surface area contributed by atoms with Crippen LogP contribution in [0.2, 0.25) is 0 Å². The number of carbonyl (C=O) groups is 1. The van der Waals surface area contributed by atoms with Gasteiger partial charge in [0.25, 0.3) is 0 Å². The lowest BCUT2D eigenvalue weighted by atomic mass is 10.2. The van der Waals surface area contributed by atoms with Gasteiger partial charge in [-0.1, -0.05) is 12.1 Å². The van der Waals surface area contributed by atoms with E-state index < -0.39 is 0 Å². The van der Waals surface area contributed by atoms with Gasteiger partial charge in [-0.2, -0.15) is 0 Å². The predicted octanol–water partition coefficient (Wildman–Crippen LogP) is 2.22. The fraction of sp³-hybridized carbons (Fsp3) is 0.500. The molecule has 1 atom stereocenters. The van der Waals surface area contributed by atoms with Crippen LogP contribution in [0.1, 0.15) is 33.2 Å². The number of hydrogen-bond donors (Lipinski definition) is 1. The van der Waals surface area contributed by atoms with E-state index in [1.54, 1.807) is 6.33 Å². The van der Waals surface area contributed by atoms with Crippen molar-refractivity contribution in [2.24, 2.45) is 0 Å². The van der Waals surface area contributed by atoms with Crippen LogP contribution in [-0.2, 0) is 4.79 Å². The van der Waals surface area contributed by atoms with Crippen LogP contribution in [-0.4, -0.2) is 44.7 Å². The fourth-order valence-corrected chi connectivity index (χ4v) is 2.51. The van der Waals surface area contributed by atoms with Crippen molar-refractivity contribution >= 4 is 16.9 Å². The number of imidazole rings is 1. The minimum absolute atomic E-state index is 0.0570. The van der Waals surface area contributed by atoms with Crippen molar-refractivity contribution in [2.45, 2.75) is 39.3 Å².